The van der Waals surface area contributed by atoms with Gasteiger partial charge in [-0.15, -0.1) is 0 Å². The van der Waals surface area contributed by atoms with E-state index in [1.807, 2.05) is 19.1 Å². The smallest absolute Gasteiger partial charge is 0.251 e. The number of hydrogen-bond donors (Lipinski definition) is 2. The van der Waals surface area contributed by atoms with Gasteiger partial charge >= 0.3 is 0 Å². The lowest BCUT2D eigenvalue weighted by molar-refractivity contribution is 0.0939. The third-order valence-corrected chi connectivity index (χ3v) is 2.82. The normalized spacial score (nSPS) is 11.9. The third kappa shape index (κ3) is 3.07. The SMILES string of the molecule is C[C@H](NC(=O)c1ccc(N)c(F)c1)c1ccncc1. The molecule has 4 nitrogen and oxygen atoms in total. The number of benzene rings is 1. The predicted molar refractivity (Wildman–Crippen MR) is 70.9 cm³/mol. The summed E-state index contributed by atoms with van der Waals surface area (Å²) in [6.45, 7) is 1.85. The van der Waals surface area contributed by atoms with E-state index in [1.54, 1.807) is 12.4 Å². The molecule has 3 N–H and O–H groups in total. The highest BCUT2D eigenvalue weighted by Crippen LogP contribution is 2.14. The molecular weight excluding hydrogens is 245 g/mol. The van der Waals surface area contributed by atoms with E-state index in [-0.39, 0.29) is 23.2 Å². The van der Waals surface area contributed by atoms with Gasteiger partial charge in [-0.3, -0.25) is 9.78 Å². The van der Waals surface area contributed by atoms with Gasteiger partial charge in [-0.05, 0) is 42.8 Å². The molecule has 0 spiro atoms. The predicted octanol–water partition coefficient (Wildman–Crippen LogP) is 2.29. The number of pyridine rings is 1. The van der Waals surface area contributed by atoms with Crippen LogP contribution < -0.4 is 11.1 Å². The summed E-state index contributed by atoms with van der Waals surface area (Å²) in [5, 5.41) is 2.78. The van der Waals surface area contributed by atoms with Crippen molar-refractivity contribution in [2.75, 3.05) is 5.73 Å². The number of carbonyl (C=O) groups is 1. The fourth-order valence-electron chi connectivity index (χ4n) is 1.68. The molecule has 19 heavy (non-hydrogen) atoms. The van der Waals surface area contributed by atoms with Gasteiger partial charge in [-0.2, -0.15) is 0 Å². The highest BCUT2D eigenvalue weighted by Gasteiger charge is 2.12. The van der Waals surface area contributed by atoms with Crippen molar-refractivity contribution in [3.63, 3.8) is 0 Å². The lowest BCUT2D eigenvalue weighted by Gasteiger charge is -2.14. The highest BCUT2D eigenvalue weighted by atomic mass is 19.1. The Morgan fingerprint density at radius 1 is 1.32 bits per heavy atom. The Kier molecular flexibility index (Phi) is 3.75. The minimum absolute atomic E-state index is 0.0266. The van der Waals surface area contributed by atoms with Crippen LogP contribution in [0, 0.1) is 5.82 Å². The maximum Gasteiger partial charge on any atom is 0.251 e. The minimum atomic E-state index is -0.593. The molecule has 2 aromatic rings. The van der Waals surface area contributed by atoms with Crippen LogP contribution in [0.15, 0.2) is 42.7 Å². The summed E-state index contributed by atoms with van der Waals surface area (Å²) in [5.74, 6) is -0.938. The van der Waals surface area contributed by atoms with E-state index < -0.39 is 5.82 Å². The van der Waals surface area contributed by atoms with Gasteiger partial charge in [0.25, 0.3) is 5.91 Å². The average molecular weight is 259 g/mol. The summed E-state index contributed by atoms with van der Waals surface area (Å²) in [6, 6.07) is 7.44. The highest BCUT2D eigenvalue weighted by molar-refractivity contribution is 5.94. The maximum atomic E-state index is 13.3. The van der Waals surface area contributed by atoms with Crippen LogP contribution >= 0.6 is 0 Å². The monoisotopic (exact) mass is 259 g/mol. The number of nitrogens with two attached hydrogens (primary N) is 1. The van der Waals surface area contributed by atoms with Gasteiger partial charge in [0.05, 0.1) is 11.7 Å². The number of nitrogens with one attached hydrogen (secondary N) is 1. The second kappa shape index (κ2) is 5.48. The Morgan fingerprint density at radius 2 is 2.00 bits per heavy atom. The van der Waals surface area contributed by atoms with E-state index in [9.17, 15) is 9.18 Å². The lowest BCUT2D eigenvalue weighted by Crippen LogP contribution is -2.26. The van der Waals surface area contributed by atoms with E-state index in [1.165, 1.54) is 12.1 Å². The van der Waals surface area contributed by atoms with Crippen LogP contribution in [0.4, 0.5) is 10.1 Å². The fourth-order valence-corrected chi connectivity index (χ4v) is 1.68. The van der Waals surface area contributed by atoms with Crippen molar-refractivity contribution in [3.8, 4) is 0 Å². The average Bonchev–Trinajstić information content (AvgIpc) is 2.42. The second-order valence-electron chi connectivity index (χ2n) is 4.21. The molecule has 0 radical (unpaired) electrons. The lowest BCUT2D eigenvalue weighted by atomic mass is 10.1. The zero-order chi connectivity index (χ0) is 13.8. The van der Waals surface area contributed by atoms with Crippen molar-refractivity contribution in [3.05, 3.63) is 59.7 Å². The van der Waals surface area contributed by atoms with E-state index >= 15 is 0 Å². The van der Waals surface area contributed by atoms with Crippen LogP contribution in [-0.2, 0) is 0 Å². The van der Waals surface area contributed by atoms with Gasteiger partial charge in [0.1, 0.15) is 5.82 Å². The Balaban J connectivity index is 2.11. The molecule has 0 bridgehead atoms. The first-order chi connectivity index (χ1) is 9.08. The topological polar surface area (TPSA) is 68.0 Å². The summed E-state index contributed by atoms with van der Waals surface area (Å²) in [7, 11) is 0. The third-order valence-electron chi connectivity index (χ3n) is 2.82. The molecule has 5 heteroatoms. The fraction of sp³-hybridized carbons (Fsp3) is 0.143. The molecule has 0 saturated heterocycles. The summed E-state index contributed by atoms with van der Waals surface area (Å²) < 4.78 is 13.3. The van der Waals surface area contributed by atoms with Crippen molar-refractivity contribution in [2.24, 2.45) is 0 Å². The molecule has 0 unspecified atom stereocenters. The zero-order valence-electron chi connectivity index (χ0n) is 10.4. The van der Waals surface area contributed by atoms with Crippen molar-refractivity contribution >= 4 is 11.6 Å². The van der Waals surface area contributed by atoms with E-state index in [0.29, 0.717) is 0 Å². The van der Waals surface area contributed by atoms with Gasteiger partial charge in [-0.1, -0.05) is 0 Å². The van der Waals surface area contributed by atoms with Crippen LogP contribution in [-0.4, -0.2) is 10.9 Å². The molecule has 2 rings (SSSR count). The standard InChI is InChI=1S/C14H14FN3O/c1-9(10-4-6-17-7-5-10)18-14(19)11-2-3-13(16)12(15)8-11/h2-9H,16H2,1H3,(H,18,19)/t9-/m0/s1. The number of amides is 1. The van der Waals surface area contributed by atoms with E-state index in [2.05, 4.69) is 10.3 Å². The summed E-state index contributed by atoms with van der Waals surface area (Å²) in [5.41, 5.74) is 6.57. The molecule has 1 aromatic heterocycles. The molecule has 0 aliphatic rings. The van der Waals surface area contributed by atoms with Gasteiger partial charge in [0.2, 0.25) is 0 Å². The Hall–Kier alpha value is -2.43. The number of nitrogen functional groups attached to an aromatic ring is 1. The van der Waals surface area contributed by atoms with Crippen LogP contribution in [0.3, 0.4) is 0 Å². The van der Waals surface area contributed by atoms with Gasteiger partial charge in [0.15, 0.2) is 0 Å². The van der Waals surface area contributed by atoms with Crippen LogP contribution in [0.5, 0.6) is 0 Å². The van der Waals surface area contributed by atoms with Crippen molar-refractivity contribution in [2.45, 2.75) is 13.0 Å². The number of aromatic nitrogens is 1. The van der Waals surface area contributed by atoms with Gasteiger partial charge < -0.3 is 11.1 Å². The Bertz CT molecular complexity index is 586. The molecule has 1 aromatic carbocycles. The first-order valence-electron chi connectivity index (χ1n) is 5.83. The first kappa shape index (κ1) is 13.0. The largest absolute Gasteiger partial charge is 0.396 e. The van der Waals surface area contributed by atoms with Crippen molar-refractivity contribution < 1.29 is 9.18 Å². The molecule has 1 amide bonds. The molecule has 1 heterocycles. The van der Waals surface area contributed by atoms with E-state index in [4.69, 9.17) is 5.73 Å². The number of nitrogens with zero attached hydrogens (tertiary/aromatic N) is 1. The molecule has 0 aliphatic carbocycles. The van der Waals surface area contributed by atoms with Crippen molar-refractivity contribution in [1.82, 2.24) is 10.3 Å². The Morgan fingerprint density at radius 3 is 2.63 bits per heavy atom. The van der Waals surface area contributed by atoms with Gasteiger partial charge in [-0.25, -0.2) is 4.39 Å². The van der Waals surface area contributed by atoms with Crippen LogP contribution in [0.2, 0.25) is 0 Å². The summed E-state index contributed by atoms with van der Waals surface area (Å²) in [4.78, 5) is 15.9. The summed E-state index contributed by atoms with van der Waals surface area (Å²) in [6.07, 6.45) is 3.31. The zero-order valence-corrected chi connectivity index (χ0v) is 10.4. The summed E-state index contributed by atoms with van der Waals surface area (Å²) >= 11 is 0. The number of halogens is 1. The first-order valence-corrected chi connectivity index (χ1v) is 5.83. The second-order valence-corrected chi connectivity index (χ2v) is 4.21. The quantitative estimate of drug-likeness (QED) is 0.831. The minimum Gasteiger partial charge on any atom is -0.396 e. The number of rotatable bonds is 3. The van der Waals surface area contributed by atoms with Crippen LogP contribution in [0.25, 0.3) is 0 Å². The number of hydrogen-bond acceptors (Lipinski definition) is 3. The molecular formula is C14H14FN3O. The molecule has 1 atom stereocenters. The van der Waals surface area contributed by atoms with Crippen LogP contribution in [0.1, 0.15) is 28.9 Å². The number of anilines is 1. The maximum absolute atomic E-state index is 13.3. The Labute approximate surface area is 110 Å². The molecule has 0 saturated carbocycles. The molecule has 0 aliphatic heterocycles. The van der Waals surface area contributed by atoms with E-state index in [0.717, 1.165) is 11.6 Å². The number of carbonyl (C=O) groups excluding carboxylic acids is 1. The van der Waals surface area contributed by atoms with Crippen molar-refractivity contribution in [1.29, 1.82) is 0 Å². The molecule has 0 fully saturated rings. The molecule has 98 valence electrons. The van der Waals surface area contributed by atoms with Gasteiger partial charge in [0, 0.05) is 18.0 Å².